The number of carbonyl (C=O) groups is 1. The van der Waals surface area contributed by atoms with Gasteiger partial charge in [-0.1, -0.05) is 18.2 Å². The van der Waals surface area contributed by atoms with Gasteiger partial charge in [-0.15, -0.1) is 0 Å². The number of hydrogen-bond donors (Lipinski definition) is 3. The van der Waals surface area contributed by atoms with Crippen molar-refractivity contribution in [3.63, 3.8) is 0 Å². The van der Waals surface area contributed by atoms with Gasteiger partial charge in [0.25, 0.3) is 0 Å². The Balaban J connectivity index is 1.61. The fourth-order valence-corrected chi connectivity index (χ4v) is 2.87. The van der Waals surface area contributed by atoms with Gasteiger partial charge in [-0.2, -0.15) is 5.10 Å². The van der Waals surface area contributed by atoms with Crippen molar-refractivity contribution in [3.05, 3.63) is 72.6 Å². The van der Waals surface area contributed by atoms with Gasteiger partial charge in [-0.05, 0) is 43.3 Å². The minimum Gasteiger partial charge on any atom is -0.508 e. The number of nitrogens with one attached hydrogen (secondary N) is 2. The molecule has 30 heavy (non-hydrogen) atoms. The quantitative estimate of drug-likeness (QED) is 0.319. The lowest BCUT2D eigenvalue weighted by molar-refractivity contribution is -0.114. The number of aliphatic imine (C=N–C) groups is 1. The summed E-state index contributed by atoms with van der Waals surface area (Å²) in [5.41, 5.74) is 2.64. The zero-order chi connectivity index (χ0) is 21.3. The number of phenolic OH excluding ortho intramolecular Hbond substituents is 1. The second kappa shape index (κ2) is 10.1. The minimum atomic E-state index is -0.235. The van der Waals surface area contributed by atoms with Crippen LogP contribution in [-0.2, 0) is 11.3 Å². The molecule has 3 aromatic rings. The molecule has 0 fully saturated rings. The molecule has 1 heterocycles. The Hall–Kier alpha value is -3.81. The molecule has 0 saturated carbocycles. The summed E-state index contributed by atoms with van der Waals surface area (Å²) < 4.78 is 1.83. The highest BCUT2D eigenvalue weighted by atomic mass is 16.3. The molecule has 156 valence electrons. The molecule has 3 rings (SSSR count). The lowest BCUT2D eigenvalue weighted by Gasteiger charge is -2.21. The summed E-state index contributed by atoms with van der Waals surface area (Å²) in [6.45, 7) is 3.24. The number of nitrogens with zero attached hydrogens (tertiary/aromatic N) is 4. The van der Waals surface area contributed by atoms with Gasteiger partial charge < -0.3 is 20.6 Å². The predicted molar refractivity (Wildman–Crippen MR) is 118 cm³/mol. The van der Waals surface area contributed by atoms with Gasteiger partial charge in [-0.3, -0.25) is 4.79 Å². The number of guanidine groups is 1. The van der Waals surface area contributed by atoms with Gasteiger partial charge in [0, 0.05) is 37.6 Å². The van der Waals surface area contributed by atoms with Crippen molar-refractivity contribution < 1.29 is 9.90 Å². The van der Waals surface area contributed by atoms with Crippen molar-refractivity contribution in [2.75, 3.05) is 25.5 Å². The van der Waals surface area contributed by atoms with Crippen molar-refractivity contribution in [2.24, 2.45) is 4.99 Å². The van der Waals surface area contributed by atoms with Crippen LogP contribution in [0, 0.1) is 0 Å². The van der Waals surface area contributed by atoms with Crippen molar-refractivity contribution >= 4 is 17.6 Å². The SMILES string of the molecule is CCNC(=NCC(=O)Nc1ccc(O)cc1)N(C)Cc1cnn(-c2ccccc2)c1. The standard InChI is InChI=1S/C22H26N6O2/c1-3-23-22(24-14-21(30)26-18-9-11-20(29)12-10-18)27(2)15-17-13-25-28(16-17)19-7-5-4-6-8-19/h4-13,16,29H,3,14-15H2,1-2H3,(H,23,24)(H,26,30). The van der Waals surface area contributed by atoms with Gasteiger partial charge in [-0.25, -0.2) is 9.67 Å². The second-order valence-electron chi connectivity index (χ2n) is 6.75. The van der Waals surface area contributed by atoms with Crippen LogP contribution >= 0.6 is 0 Å². The van der Waals surface area contributed by atoms with Crippen LogP contribution in [0.25, 0.3) is 5.69 Å². The molecular weight excluding hydrogens is 380 g/mol. The van der Waals surface area contributed by atoms with E-state index in [1.54, 1.807) is 12.1 Å². The zero-order valence-corrected chi connectivity index (χ0v) is 17.1. The molecule has 0 saturated heterocycles. The summed E-state index contributed by atoms with van der Waals surface area (Å²) in [6.07, 6.45) is 3.80. The third-order valence-corrected chi connectivity index (χ3v) is 4.30. The molecule has 0 atom stereocenters. The highest BCUT2D eigenvalue weighted by Crippen LogP contribution is 2.13. The first kappa shape index (κ1) is 20.9. The van der Waals surface area contributed by atoms with Crippen LogP contribution < -0.4 is 10.6 Å². The highest BCUT2D eigenvalue weighted by molar-refractivity contribution is 5.94. The number of aromatic nitrogens is 2. The normalized spacial score (nSPS) is 11.2. The Morgan fingerprint density at radius 1 is 1.17 bits per heavy atom. The Labute approximate surface area is 175 Å². The molecule has 0 aliphatic heterocycles. The van der Waals surface area contributed by atoms with Crippen LogP contribution in [0.15, 0.2) is 72.0 Å². The van der Waals surface area contributed by atoms with Gasteiger partial charge in [0.2, 0.25) is 5.91 Å². The van der Waals surface area contributed by atoms with E-state index in [1.807, 2.05) is 66.3 Å². The van der Waals surface area contributed by atoms with Gasteiger partial charge in [0.05, 0.1) is 11.9 Å². The zero-order valence-electron chi connectivity index (χ0n) is 17.1. The van der Waals surface area contributed by atoms with Crippen LogP contribution in [0.1, 0.15) is 12.5 Å². The number of amides is 1. The van der Waals surface area contributed by atoms with Crippen molar-refractivity contribution in [1.82, 2.24) is 20.0 Å². The van der Waals surface area contributed by atoms with E-state index in [-0.39, 0.29) is 18.2 Å². The van der Waals surface area contributed by atoms with E-state index >= 15 is 0 Å². The molecule has 1 aromatic heterocycles. The number of anilines is 1. The van der Waals surface area contributed by atoms with E-state index in [2.05, 4.69) is 20.7 Å². The maximum Gasteiger partial charge on any atom is 0.246 e. The van der Waals surface area contributed by atoms with Crippen molar-refractivity contribution in [1.29, 1.82) is 0 Å². The van der Waals surface area contributed by atoms with E-state index in [0.29, 0.717) is 24.7 Å². The average molecular weight is 406 g/mol. The average Bonchev–Trinajstić information content (AvgIpc) is 3.22. The van der Waals surface area contributed by atoms with Crippen LogP contribution in [0.3, 0.4) is 0 Å². The lowest BCUT2D eigenvalue weighted by atomic mass is 10.3. The molecule has 0 bridgehead atoms. The molecule has 8 heteroatoms. The predicted octanol–water partition coefficient (Wildman–Crippen LogP) is 2.61. The summed E-state index contributed by atoms with van der Waals surface area (Å²) in [4.78, 5) is 18.6. The number of aromatic hydroxyl groups is 1. The number of benzene rings is 2. The summed E-state index contributed by atoms with van der Waals surface area (Å²) >= 11 is 0. The molecule has 0 unspecified atom stereocenters. The molecule has 0 spiro atoms. The number of hydrogen-bond acceptors (Lipinski definition) is 4. The van der Waals surface area contributed by atoms with E-state index in [0.717, 1.165) is 11.3 Å². The van der Waals surface area contributed by atoms with E-state index in [4.69, 9.17) is 0 Å². The molecule has 3 N–H and O–H groups in total. The highest BCUT2D eigenvalue weighted by Gasteiger charge is 2.10. The number of phenols is 1. The van der Waals surface area contributed by atoms with E-state index < -0.39 is 0 Å². The van der Waals surface area contributed by atoms with Crippen molar-refractivity contribution in [2.45, 2.75) is 13.5 Å². The van der Waals surface area contributed by atoms with Crippen LogP contribution in [0.2, 0.25) is 0 Å². The fourth-order valence-electron chi connectivity index (χ4n) is 2.87. The second-order valence-corrected chi connectivity index (χ2v) is 6.75. The summed E-state index contributed by atoms with van der Waals surface area (Å²) in [5, 5.41) is 19.7. The van der Waals surface area contributed by atoms with E-state index in [1.165, 1.54) is 12.1 Å². The number of carbonyl (C=O) groups excluding carboxylic acids is 1. The first-order chi connectivity index (χ1) is 14.5. The Bertz CT molecular complexity index is 982. The first-order valence-corrected chi connectivity index (χ1v) is 9.72. The smallest absolute Gasteiger partial charge is 0.246 e. The number of rotatable bonds is 7. The van der Waals surface area contributed by atoms with E-state index in [9.17, 15) is 9.90 Å². The molecule has 0 aliphatic carbocycles. The Kier molecular flexibility index (Phi) is 7.05. The summed E-state index contributed by atoms with van der Waals surface area (Å²) in [7, 11) is 1.92. The minimum absolute atomic E-state index is 0.0170. The maximum absolute atomic E-state index is 12.2. The molecule has 8 nitrogen and oxygen atoms in total. The lowest BCUT2D eigenvalue weighted by Crippen LogP contribution is -2.39. The number of para-hydroxylation sites is 1. The molecule has 2 aromatic carbocycles. The van der Waals surface area contributed by atoms with Gasteiger partial charge >= 0.3 is 0 Å². The third kappa shape index (κ3) is 5.84. The molecule has 0 aliphatic rings. The van der Waals surface area contributed by atoms with Gasteiger partial charge in [0.1, 0.15) is 12.3 Å². The largest absolute Gasteiger partial charge is 0.508 e. The monoisotopic (exact) mass is 406 g/mol. The Morgan fingerprint density at radius 3 is 2.60 bits per heavy atom. The third-order valence-electron chi connectivity index (χ3n) is 4.30. The van der Waals surface area contributed by atoms with Crippen molar-refractivity contribution in [3.8, 4) is 11.4 Å². The summed E-state index contributed by atoms with van der Waals surface area (Å²) in [5.74, 6) is 0.546. The summed E-state index contributed by atoms with van der Waals surface area (Å²) in [6, 6.07) is 16.2. The molecule has 1 amide bonds. The fraction of sp³-hybridized carbons (Fsp3) is 0.227. The topological polar surface area (TPSA) is 94.8 Å². The first-order valence-electron chi connectivity index (χ1n) is 9.72. The van der Waals surface area contributed by atoms with Crippen LogP contribution in [0.4, 0.5) is 5.69 Å². The molecular formula is C22H26N6O2. The molecule has 0 radical (unpaired) electrons. The Morgan fingerprint density at radius 2 is 1.90 bits per heavy atom. The van der Waals surface area contributed by atoms with Crippen LogP contribution in [-0.4, -0.2) is 51.8 Å². The van der Waals surface area contributed by atoms with Gasteiger partial charge in [0.15, 0.2) is 5.96 Å². The van der Waals surface area contributed by atoms with Crippen LogP contribution in [0.5, 0.6) is 5.75 Å². The maximum atomic E-state index is 12.2.